The molecule has 1 atom stereocenters. The van der Waals surface area contributed by atoms with Gasteiger partial charge in [-0.2, -0.15) is 0 Å². The monoisotopic (exact) mass is 325 g/mol. The number of carbonyl (C=O) groups excluding carboxylic acids is 1. The van der Waals surface area contributed by atoms with Gasteiger partial charge < -0.3 is 9.88 Å². The number of aryl methyl sites for hydroxylation is 1. The van der Waals surface area contributed by atoms with Crippen LogP contribution in [-0.2, 0) is 25.9 Å². The first-order valence-electron chi connectivity index (χ1n) is 8.80. The molecule has 0 saturated heterocycles. The van der Waals surface area contributed by atoms with E-state index < -0.39 is 0 Å². The second-order valence-corrected chi connectivity index (χ2v) is 6.71. The Hall–Kier alpha value is -2.37. The van der Waals surface area contributed by atoms with Crippen molar-refractivity contribution in [3.8, 4) is 0 Å². The molecule has 0 fully saturated rings. The average molecular weight is 325 g/mol. The van der Waals surface area contributed by atoms with Crippen molar-refractivity contribution >= 4 is 11.7 Å². The summed E-state index contributed by atoms with van der Waals surface area (Å²) in [6, 6.07) is 8.24. The molecule has 0 aliphatic carbocycles. The number of aromatic nitrogens is 3. The molecule has 1 N–H and O–H groups in total. The first kappa shape index (κ1) is 15.2. The molecule has 2 aromatic rings. The minimum Gasteiger partial charge on any atom is -0.330 e. The summed E-state index contributed by atoms with van der Waals surface area (Å²) in [7, 11) is 0. The number of rotatable bonds is 2. The third-order valence-corrected chi connectivity index (χ3v) is 5.01. The summed E-state index contributed by atoms with van der Waals surface area (Å²) in [5, 5.41) is 11.6. The molecule has 0 bridgehead atoms. The van der Waals surface area contributed by atoms with Crippen LogP contribution in [-0.4, -0.2) is 26.8 Å². The molecule has 2 amide bonds. The highest BCUT2D eigenvalue weighted by atomic mass is 16.2. The van der Waals surface area contributed by atoms with E-state index in [2.05, 4.69) is 33.1 Å². The quantitative estimate of drug-likeness (QED) is 0.923. The minimum absolute atomic E-state index is 0.0570. The number of amides is 2. The zero-order valence-corrected chi connectivity index (χ0v) is 14.0. The van der Waals surface area contributed by atoms with E-state index in [4.69, 9.17) is 0 Å². The summed E-state index contributed by atoms with van der Waals surface area (Å²) >= 11 is 0. The van der Waals surface area contributed by atoms with E-state index in [1.807, 2.05) is 23.1 Å². The standard InChI is InChI=1S/C18H23N5O/c1-13-11-14-7-4-5-8-15(14)23(13)18(24)19-12-17-21-20-16-9-3-2-6-10-22(16)17/h4-5,7-8,13H,2-3,6,9-12H2,1H3,(H,19,24). The van der Waals surface area contributed by atoms with E-state index in [-0.39, 0.29) is 12.1 Å². The van der Waals surface area contributed by atoms with Gasteiger partial charge in [-0.3, -0.25) is 4.90 Å². The Bertz CT molecular complexity index is 754. The molecule has 126 valence electrons. The summed E-state index contributed by atoms with van der Waals surface area (Å²) in [4.78, 5) is 14.6. The van der Waals surface area contributed by atoms with Crippen molar-refractivity contribution in [1.82, 2.24) is 20.1 Å². The highest BCUT2D eigenvalue weighted by Crippen LogP contribution is 2.31. The average Bonchev–Trinajstić information content (AvgIpc) is 3.03. The predicted octanol–water partition coefficient (Wildman–Crippen LogP) is 2.67. The zero-order chi connectivity index (χ0) is 16.5. The summed E-state index contributed by atoms with van der Waals surface area (Å²) in [5.41, 5.74) is 2.25. The molecule has 3 heterocycles. The van der Waals surface area contributed by atoms with Gasteiger partial charge >= 0.3 is 6.03 Å². The van der Waals surface area contributed by atoms with Gasteiger partial charge in [-0.15, -0.1) is 10.2 Å². The van der Waals surface area contributed by atoms with Gasteiger partial charge in [0.1, 0.15) is 5.82 Å². The van der Waals surface area contributed by atoms with Crippen LogP contribution in [0.1, 0.15) is 43.4 Å². The van der Waals surface area contributed by atoms with Gasteiger partial charge in [0.05, 0.1) is 6.54 Å². The number of anilines is 1. The van der Waals surface area contributed by atoms with Crippen LogP contribution in [0.3, 0.4) is 0 Å². The largest absolute Gasteiger partial charge is 0.330 e. The van der Waals surface area contributed by atoms with E-state index in [0.717, 1.165) is 43.1 Å². The summed E-state index contributed by atoms with van der Waals surface area (Å²) in [6.45, 7) is 3.47. The van der Waals surface area contributed by atoms with Crippen LogP contribution in [0.25, 0.3) is 0 Å². The van der Waals surface area contributed by atoms with Crippen LogP contribution in [0.4, 0.5) is 10.5 Å². The Morgan fingerprint density at radius 1 is 1.25 bits per heavy atom. The Kier molecular flexibility index (Phi) is 3.96. The number of hydrogen-bond acceptors (Lipinski definition) is 3. The first-order chi connectivity index (χ1) is 11.7. The number of urea groups is 1. The summed E-state index contributed by atoms with van der Waals surface area (Å²) in [6.07, 6.45) is 5.45. The molecule has 0 saturated carbocycles. The molecular weight excluding hydrogens is 302 g/mol. The second-order valence-electron chi connectivity index (χ2n) is 6.71. The molecular formula is C18H23N5O. The molecule has 0 radical (unpaired) electrons. The predicted molar refractivity (Wildman–Crippen MR) is 91.9 cm³/mol. The summed E-state index contributed by atoms with van der Waals surface area (Å²) in [5.74, 6) is 1.91. The highest BCUT2D eigenvalue weighted by Gasteiger charge is 2.30. The van der Waals surface area contributed by atoms with Crippen molar-refractivity contribution < 1.29 is 4.79 Å². The molecule has 1 aromatic carbocycles. The molecule has 4 rings (SSSR count). The van der Waals surface area contributed by atoms with E-state index in [1.54, 1.807) is 0 Å². The SMILES string of the molecule is CC1Cc2ccccc2N1C(=O)NCc1nnc2n1CCCCC2. The van der Waals surface area contributed by atoms with Gasteiger partial charge in [0.2, 0.25) is 0 Å². The lowest BCUT2D eigenvalue weighted by atomic mass is 10.1. The van der Waals surface area contributed by atoms with E-state index in [0.29, 0.717) is 6.54 Å². The van der Waals surface area contributed by atoms with Gasteiger partial charge in [0, 0.05) is 24.7 Å². The number of para-hydroxylation sites is 1. The lowest BCUT2D eigenvalue weighted by Gasteiger charge is -2.23. The Morgan fingerprint density at radius 2 is 2.12 bits per heavy atom. The van der Waals surface area contributed by atoms with Gasteiger partial charge in [-0.05, 0) is 37.8 Å². The molecule has 24 heavy (non-hydrogen) atoms. The summed E-state index contributed by atoms with van der Waals surface area (Å²) < 4.78 is 2.18. The fourth-order valence-electron chi connectivity index (χ4n) is 3.79. The Balaban J connectivity index is 1.47. The molecule has 6 heteroatoms. The van der Waals surface area contributed by atoms with Crippen LogP contribution in [0.2, 0.25) is 0 Å². The van der Waals surface area contributed by atoms with Crippen LogP contribution < -0.4 is 10.2 Å². The Morgan fingerprint density at radius 3 is 3.04 bits per heavy atom. The molecule has 0 spiro atoms. The van der Waals surface area contributed by atoms with Crippen molar-refractivity contribution in [2.45, 2.75) is 58.2 Å². The maximum atomic E-state index is 12.7. The van der Waals surface area contributed by atoms with Gasteiger partial charge in [0.15, 0.2) is 5.82 Å². The lowest BCUT2D eigenvalue weighted by Crippen LogP contribution is -2.43. The van der Waals surface area contributed by atoms with Crippen molar-refractivity contribution in [2.24, 2.45) is 0 Å². The van der Waals surface area contributed by atoms with Crippen molar-refractivity contribution in [3.63, 3.8) is 0 Å². The van der Waals surface area contributed by atoms with Crippen molar-refractivity contribution in [2.75, 3.05) is 4.90 Å². The normalized spacial score (nSPS) is 19.5. The number of nitrogens with zero attached hydrogens (tertiary/aromatic N) is 4. The number of benzene rings is 1. The lowest BCUT2D eigenvalue weighted by molar-refractivity contribution is 0.244. The van der Waals surface area contributed by atoms with Crippen LogP contribution in [0.15, 0.2) is 24.3 Å². The first-order valence-corrected chi connectivity index (χ1v) is 8.80. The van der Waals surface area contributed by atoms with Crippen molar-refractivity contribution in [1.29, 1.82) is 0 Å². The Labute approximate surface area is 141 Å². The topological polar surface area (TPSA) is 63.1 Å². The number of fused-ring (bicyclic) bond motifs is 2. The number of hydrogen-bond donors (Lipinski definition) is 1. The van der Waals surface area contributed by atoms with Crippen LogP contribution in [0.5, 0.6) is 0 Å². The maximum Gasteiger partial charge on any atom is 0.322 e. The molecule has 2 aliphatic rings. The van der Waals surface area contributed by atoms with E-state index >= 15 is 0 Å². The fraction of sp³-hybridized carbons (Fsp3) is 0.500. The fourth-order valence-corrected chi connectivity index (χ4v) is 3.79. The van der Waals surface area contributed by atoms with E-state index in [1.165, 1.54) is 18.4 Å². The second kappa shape index (κ2) is 6.26. The third kappa shape index (κ3) is 2.66. The minimum atomic E-state index is -0.0570. The molecule has 6 nitrogen and oxygen atoms in total. The molecule has 1 aromatic heterocycles. The number of carbonyl (C=O) groups is 1. The molecule has 1 unspecified atom stereocenters. The third-order valence-electron chi connectivity index (χ3n) is 5.01. The van der Waals surface area contributed by atoms with Crippen molar-refractivity contribution in [3.05, 3.63) is 41.5 Å². The smallest absolute Gasteiger partial charge is 0.322 e. The van der Waals surface area contributed by atoms with Crippen LogP contribution >= 0.6 is 0 Å². The zero-order valence-electron chi connectivity index (χ0n) is 14.0. The highest BCUT2D eigenvalue weighted by molar-refractivity contribution is 5.94. The number of nitrogens with one attached hydrogen (secondary N) is 1. The van der Waals surface area contributed by atoms with Gasteiger partial charge in [-0.1, -0.05) is 24.6 Å². The molecule has 2 aliphatic heterocycles. The van der Waals surface area contributed by atoms with Crippen LogP contribution in [0, 0.1) is 0 Å². The van der Waals surface area contributed by atoms with E-state index in [9.17, 15) is 4.79 Å². The van der Waals surface area contributed by atoms with Gasteiger partial charge in [-0.25, -0.2) is 4.79 Å². The maximum absolute atomic E-state index is 12.7. The van der Waals surface area contributed by atoms with Gasteiger partial charge in [0.25, 0.3) is 0 Å².